The number of aromatic nitrogens is 1. The van der Waals surface area contributed by atoms with Gasteiger partial charge in [0, 0.05) is 11.8 Å². The minimum atomic E-state index is -1.36. The molecule has 2 aromatic rings. The largest absolute Gasteiger partial charge is 0.256 e. The van der Waals surface area contributed by atoms with Crippen LogP contribution in [0.25, 0.3) is 11.3 Å². The molecule has 0 fully saturated rings. The molecule has 22 heavy (non-hydrogen) atoms. The van der Waals surface area contributed by atoms with Crippen molar-refractivity contribution >= 4 is 13.3 Å². The van der Waals surface area contributed by atoms with E-state index in [1.54, 1.807) is 0 Å². The first kappa shape index (κ1) is 16.4. The van der Waals surface area contributed by atoms with Gasteiger partial charge >= 0.3 is 0 Å². The SMILES string of the molecule is CC(C)Cc1cc([Si](C)(C)C)cnc1-c1ccc(C#N)cc1. The molecular formula is C19H24N2Si. The molecule has 0 N–H and O–H groups in total. The van der Waals surface area contributed by atoms with Crippen molar-refractivity contribution in [2.75, 3.05) is 0 Å². The third-order valence-corrected chi connectivity index (χ3v) is 5.75. The van der Waals surface area contributed by atoms with Crippen LogP contribution >= 0.6 is 0 Å². The molecule has 2 rings (SSSR count). The summed E-state index contributed by atoms with van der Waals surface area (Å²) in [5.41, 5.74) is 4.16. The van der Waals surface area contributed by atoms with Crippen LogP contribution in [0.5, 0.6) is 0 Å². The fourth-order valence-corrected chi connectivity index (χ4v) is 3.54. The Morgan fingerprint density at radius 3 is 2.27 bits per heavy atom. The third-order valence-electron chi connectivity index (χ3n) is 3.75. The van der Waals surface area contributed by atoms with Crippen LogP contribution in [0.4, 0.5) is 0 Å². The fraction of sp³-hybridized carbons (Fsp3) is 0.368. The van der Waals surface area contributed by atoms with Crippen molar-refractivity contribution in [1.82, 2.24) is 4.98 Å². The van der Waals surface area contributed by atoms with E-state index in [1.165, 1.54) is 10.8 Å². The molecule has 0 aliphatic rings. The van der Waals surface area contributed by atoms with Crippen LogP contribution in [0.1, 0.15) is 25.0 Å². The average Bonchev–Trinajstić information content (AvgIpc) is 2.46. The molecule has 3 heteroatoms. The highest BCUT2D eigenvalue weighted by Crippen LogP contribution is 2.24. The first-order valence-corrected chi connectivity index (χ1v) is 11.3. The van der Waals surface area contributed by atoms with E-state index in [1.807, 2.05) is 30.5 Å². The molecule has 0 spiro atoms. The van der Waals surface area contributed by atoms with Crippen LogP contribution < -0.4 is 5.19 Å². The quantitative estimate of drug-likeness (QED) is 0.787. The number of pyridine rings is 1. The Hall–Kier alpha value is -1.92. The molecule has 114 valence electrons. The summed E-state index contributed by atoms with van der Waals surface area (Å²) in [6, 6.07) is 12.2. The van der Waals surface area contributed by atoms with E-state index in [9.17, 15) is 0 Å². The molecule has 0 aliphatic heterocycles. The number of hydrogen-bond acceptors (Lipinski definition) is 2. The fourth-order valence-electron chi connectivity index (χ4n) is 2.48. The van der Waals surface area contributed by atoms with Gasteiger partial charge in [-0.2, -0.15) is 5.26 Å². The highest BCUT2D eigenvalue weighted by atomic mass is 28.3. The Balaban J connectivity index is 2.51. The molecule has 0 aliphatic carbocycles. The lowest BCUT2D eigenvalue weighted by molar-refractivity contribution is 0.647. The highest BCUT2D eigenvalue weighted by molar-refractivity contribution is 6.88. The van der Waals surface area contributed by atoms with Gasteiger partial charge in [-0.15, -0.1) is 0 Å². The molecule has 0 amide bonds. The molecule has 1 aromatic heterocycles. The van der Waals surface area contributed by atoms with Crippen molar-refractivity contribution in [3.63, 3.8) is 0 Å². The summed E-state index contributed by atoms with van der Waals surface area (Å²) in [6.07, 6.45) is 3.07. The molecule has 0 saturated carbocycles. The third kappa shape index (κ3) is 3.83. The van der Waals surface area contributed by atoms with Crippen LogP contribution in [-0.4, -0.2) is 13.1 Å². The summed E-state index contributed by atoms with van der Waals surface area (Å²) >= 11 is 0. The number of nitriles is 1. The lowest BCUT2D eigenvalue weighted by Crippen LogP contribution is -2.38. The standard InChI is InChI=1S/C19H24N2Si/c1-14(2)10-17-11-18(22(3,4)5)13-21-19(17)16-8-6-15(12-20)7-9-16/h6-9,11,13-14H,10H2,1-5H3. The van der Waals surface area contributed by atoms with Crippen molar-refractivity contribution in [3.8, 4) is 17.3 Å². The zero-order valence-electron chi connectivity index (χ0n) is 14.1. The second-order valence-electron chi connectivity index (χ2n) is 7.27. The van der Waals surface area contributed by atoms with Gasteiger partial charge in [0.25, 0.3) is 0 Å². The molecule has 0 atom stereocenters. The molecule has 0 radical (unpaired) electrons. The Bertz CT molecular complexity index is 689. The van der Waals surface area contributed by atoms with E-state index in [0.717, 1.165) is 17.7 Å². The van der Waals surface area contributed by atoms with E-state index in [4.69, 9.17) is 10.2 Å². The minimum Gasteiger partial charge on any atom is -0.256 e. The summed E-state index contributed by atoms with van der Waals surface area (Å²) < 4.78 is 0. The van der Waals surface area contributed by atoms with E-state index in [2.05, 4.69) is 45.6 Å². The van der Waals surface area contributed by atoms with Crippen LogP contribution in [0, 0.1) is 17.2 Å². The summed E-state index contributed by atoms with van der Waals surface area (Å²) in [4.78, 5) is 4.78. The second kappa shape index (κ2) is 6.45. The van der Waals surface area contributed by atoms with Crippen LogP contribution in [0.3, 0.4) is 0 Å². The highest BCUT2D eigenvalue weighted by Gasteiger charge is 2.19. The molecule has 0 unspecified atom stereocenters. The Morgan fingerprint density at radius 1 is 1.14 bits per heavy atom. The predicted octanol–water partition coefficient (Wildman–Crippen LogP) is 4.36. The Kier molecular flexibility index (Phi) is 4.83. The molecule has 1 heterocycles. The van der Waals surface area contributed by atoms with Gasteiger partial charge < -0.3 is 0 Å². The Labute approximate surface area is 134 Å². The Morgan fingerprint density at radius 2 is 1.77 bits per heavy atom. The lowest BCUT2D eigenvalue weighted by Gasteiger charge is -2.20. The van der Waals surface area contributed by atoms with Crippen molar-refractivity contribution in [3.05, 3.63) is 47.7 Å². The zero-order chi connectivity index (χ0) is 16.3. The first-order chi connectivity index (χ1) is 10.3. The number of benzene rings is 1. The van der Waals surface area contributed by atoms with Crippen molar-refractivity contribution < 1.29 is 0 Å². The van der Waals surface area contributed by atoms with Gasteiger partial charge in [0.15, 0.2) is 0 Å². The summed E-state index contributed by atoms with van der Waals surface area (Å²) in [7, 11) is -1.36. The number of rotatable bonds is 4. The van der Waals surface area contributed by atoms with Crippen molar-refractivity contribution in [2.24, 2.45) is 5.92 Å². The van der Waals surface area contributed by atoms with E-state index < -0.39 is 8.07 Å². The van der Waals surface area contributed by atoms with Gasteiger partial charge in [-0.05, 0) is 35.2 Å². The van der Waals surface area contributed by atoms with E-state index >= 15 is 0 Å². The summed E-state index contributed by atoms with van der Waals surface area (Å²) in [6.45, 7) is 11.5. The van der Waals surface area contributed by atoms with Gasteiger partial charge in [-0.3, -0.25) is 4.98 Å². The smallest absolute Gasteiger partial charge is 0.0991 e. The van der Waals surface area contributed by atoms with Gasteiger partial charge in [-0.1, -0.05) is 51.7 Å². The summed E-state index contributed by atoms with van der Waals surface area (Å²) in [5.74, 6) is 0.593. The van der Waals surface area contributed by atoms with E-state index in [0.29, 0.717) is 11.5 Å². The average molecular weight is 309 g/mol. The van der Waals surface area contributed by atoms with Crippen molar-refractivity contribution in [2.45, 2.75) is 39.9 Å². The number of nitrogens with zero attached hydrogens (tertiary/aromatic N) is 2. The normalized spacial score (nSPS) is 11.5. The van der Waals surface area contributed by atoms with Crippen LogP contribution in [0.2, 0.25) is 19.6 Å². The molecule has 2 nitrogen and oxygen atoms in total. The van der Waals surface area contributed by atoms with Crippen LogP contribution in [-0.2, 0) is 6.42 Å². The van der Waals surface area contributed by atoms with Gasteiger partial charge in [0.1, 0.15) is 0 Å². The molecular weight excluding hydrogens is 284 g/mol. The lowest BCUT2D eigenvalue weighted by atomic mass is 9.97. The monoisotopic (exact) mass is 308 g/mol. The van der Waals surface area contributed by atoms with Gasteiger partial charge in [0.05, 0.1) is 25.4 Å². The second-order valence-corrected chi connectivity index (χ2v) is 12.3. The first-order valence-electron chi connectivity index (χ1n) is 7.81. The predicted molar refractivity (Wildman–Crippen MR) is 95.9 cm³/mol. The summed E-state index contributed by atoms with van der Waals surface area (Å²) in [5, 5.41) is 10.3. The zero-order valence-corrected chi connectivity index (χ0v) is 15.1. The molecule has 1 aromatic carbocycles. The maximum Gasteiger partial charge on any atom is 0.0991 e. The van der Waals surface area contributed by atoms with E-state index in [-0.39, 0.29) is 0 Å². The molecule has 0 bridgehead atoms. The molecule has 0 saturated heterocycles. The maximum absolute atomic E-state index is 8.94. The maximum atomic E-state index is 8.94. The van der Waals surface area contributed by atoms with Gasteiger partial charge in [-0.25, -0.2) is 0 Å². The minimum absolute atomic E-state index is 0.593. The van der Waals surface area contributed by atoms with Gasteiger partial charge in [0.2, 0.25) is 0 Å². The number of hydrogen-bond donors (Lipinski definition) is 0. The van der Waals surface area contributed by atoms with Crippen molar-refractivity contribution in [1.29, 1.82) is 5.26 Å². The topological polar surface area (TPSA) is 36.7 Å². The van der Waals surface area contributed by atoms with Crippen LogP contribution in [0.15, 0.2) is 36.5 Å².